The van der Waals surface area contributed by atoms with Crippen LogP contribution in [-0.2, 0) is 20.7 Å². The number of halogens is 2. The molecule has 2 rings (SSSR count). The molecule has 0 saturated heterocycles. The standard InChI is InChI=1S/C26H33F2NO7/c1-3-34-23(24(30)31)19-20-9-11-21(12-10-20)35-18-15-29(14-17-33-16-13-26(2,27)28)25(32)36-22-7-5-4-6-8-22/h4-12,23H,3,13-19H2,1-2H3,(H,30,31). The number of carbonyl (C=O) groups excluding carboxylic acids is 1. The molecule has 2 aromatic rings. The minimum atomic E-state index is -2.81. The second-order valence-corrected chi connectivity index (χ2v) is 8.08. The van der Waals surface area contributed by atoms with Crippen molar-refractivity contribution >= 4 is 12.1 Å². The van der Waals surface area contributed by atoms with Gasteiger partial charge in [0.15, 0.2) is 6.10 Å². The Bertz CT molecular complexity index is 920. The molecule has 2 aromatic carbocycles. The first-order valence-corrected chi connectivity index (χ1v) is 11.7. The van der Waals surface area contributed by atoms with Crippen molar-refractivity contribution in [3.63, 3.8) is 0 Å². The first-order chi connectivity index (χ1) is 17.2. The molecule has 1 amide bonds. The molecule has 0 aliphatic heterocycles. The van der Waals surface area contributed by atoms with Crippen molar-refractivity contribution < 1.29 is 42.4 Å². The van der Waals surface area contributed by atoms with Crippen LogP contribution in [0.3, 0.4) is 0 Å². The topological polar surface area (TPSA) is 94.5 Å². The molecule has 1 unspecified atom stereocenters. The van der Waals surface area contributed by atoms with Crippen LogP contribution in [0.5, 0.6) is 11.5 Å². The fourth-order valence-corrected chi connectivity index (χ4v) is 3.10. The Labute approximate surface area is 209 Å². The average Bonchev–Trinajstić information content (AvgIpc) is 2.83. The lowest BCUT2D eigenvalue weighted by Crippen LogP contribution is -2.39. The molecule has 0 bridgehead atoms. The summed E-state index contributed by atoms with van der Waals surface area (Å²) < 4.78 is 47.5. The van der Waals surface area contributed by atoms with Gasteiger partial charge in [-0.25, -0.2) is 18.4 Å². The summed E-state index contributed by atoms with van der Waals surface area (Å²) in [5, 5.41) is 9.22. The van der Waals surface area contributed by atoms with Crippen molar-refractivity contribution in [2.45, 2.75) is 38.7 Å². The van der Waals surface area contributed by atoms with E-state index in [9.17, 15) is 23.5 Å². The van der Waals surface area contributed by atoms with E-state index in [0.717, 1.165) is 12.5 Å². The SMILES string of the molecule is CCOC(Cc1ccc(OCCN(CCOCCC(C)(F)F)C(=O)Oc2ccccc2)cc1)C(=O)O. The summed E-state index contributed by atoms with van der Waals surface area (Å²) in [6.07, 6.45) is -1.71. The number of rotatable bonds is 16. The number of nitrogens with zero attached hydrogens (tertiary/aromatic N) is 1. The number of benzene rings is 2. The lowest BCUT2D eigenvalue weighted by Gasteiger charge is -2.22. The van der Waals surface area contributed by atoms with Gasteiger partial charge in [0.1, 0.15) is 18.1 Å². The van der Waals surface area contributed by atoms with Crippen LogP contribution in [0, 0.1) is 0 Å². The van der Waals surface area contributed by atoms with Crippen molar-refractivity contribution in [2.75, 3.05) is 39.5 Å². The van der Waals surface area contributed by atoms with Crippen LogP contribution < -0.4 is 9.47 Å². The number of carboxylic acids is 1. The highest BCUT2D eigenvalue weighted by Crippen LogP contribution is 2.17. The van der Waals surface area contributed by atoms with Crippen LogP contribution in [-0.4, -0.2) is 73.6 Å². The predicted molar refractivity (Wildman–Crippen MR) is 129 cm³/mol. The van der Waals surface area contributed by atoms with Crippen molar-refractivity contribution in [3.8, 4) is 11.5 Å². The Kier molecular flexibility index (Phi) is 12.1. The molecule has 8 nitrogen and oxygen atoms in total. The Hall–Kier alpha value is -3.24. The van der Waals surface area contributed by atoms with E-state index in [4.69, 9.17) is 18.9 Å². The highest BCUT2D eigenvalue weighted by molar-refractivity contribution is 5.72. The molecule has 1 N–H and O–H groups in total. The third kappa shape index (κ3) is 11.5. The molecule has 0 heterocycles. The zero-order valence-electron chi connectivity index (χ0n) is 20.5. The van der Waals surface area contributed by atoms with Gasteiger partial charge in [-0.1, -0.05) is 30.3 Å². The van der Waals surface area contributed by atoms with Crippen LogP contribution in [0.1, 0.15) is 25.8 Å². The van der Waals surface area contributed by atoms with Crippen molar-refractivity contribution in [1.29, 1.82) is 0 Å². The minimum Gasteiger partial charge on any atom is -0.492 e. The molecule has 0 fully saturated rings. The Morgan fingerprint density at radius 1 is 0.972 bits per heavy atom. The van der Waals surface area contributed by atoms with E-state index in [1.165, 1.54) is 4.90 Å². The van der Waals surface area contributed by atoms with E-state index in [2.05, 4.69) is 0 Å². The first-order valence-electron chi connectivity index (χ1n) is 11.7. The largest absolute Gasteiger partial charge is 0.492 e. The lowest BCUT2D eigenvalue weighted by atomic mass is 10.1. The van der Waals surface area contributed by atoms with E-state index in [1.54, 1.807) is 61.5 Å². The summed E-state index contributed by atoms with van der Waals surface area (Å²) in [7, 11) is 0. The maximum absolute atomic E-state index is 13.0. The molecule has 36 heavy (non-hydrogen) atoms. The first kappa shape index (κ1) is 29.0. The van der Waals surface area contributed by atoms with Gasteiger partial charge in [-0.3, -0.25) is 0 Å². The molecule has 0 saturated carbocycles. The maximum atomic E-state index is 13.0. The molecule has 0 radical (unpaired) electrons. The number of hydrogen-bond donors (Lipinski definition) is 1. The van der Waals surface area contributed by atoms with Crippen molar-refractivity contribution in [3.05, 3.63) is 60.2 Å². The van der Waals surface area contributed by atoms with Gasteiger partial charge in [0.2, 0.25) is 5.92 Å². The molecule has 0 spiro atoms. The molecule has 10 heteroatoms. The summed E-state index contributed by atoms with van der Waals surface area (Å²) in [6, 6.07) is 15.5. The van der Waals surface area contributed by atoms with E-state index in [1.807, 2.05) is 0 Å². The quantitative estimate of drug-likeness (QED) is 0.329. The molecule has 1 atom stereocenters. The van der Waals surface area contributed by atoms with Gasteiger partial charge in [0.05, 0.1) is 19.8 Å². The second kappa shape index (κ2) is 15.0. The van der Waals surface area contributed by atoms with Gasteiger partial charge in [-0.05, 0) is 43.7 Å². The average molecular weight is 510 g/mol. The third-order valence-electron chi connectivity index (χ3n) is 5.02. The van der Waals surface area contributed by atoms with E-state index in [-0.39, 0.29) is 39.3 Å². The Morgan fingerprint density at radius 3 is 2.25 bits per heavy atom. The number of alkyl halides is 2. The highest BCUT2D eigenvalue weighted by atomic mass is 19.3. The number of ether oxygens (including phenoxy) is 4. The summed E-state index contributed by atoms with van der Waals surface area (Å²) in [5.41, 5.74) is 0.783. The summed E-state index contributed by atoms with van der Waals surface area (Å²) in [5.74, 6) is -2.92. The zero-order valence-corrected chi connectivity index (χ0v) is 20.5. The number of para-hydroxylation sites is 1. The fraction of sp³-hybridized carbons (Fsp3) is 0.462. The number of hydrogen-bond acceptors (Lipinski definition) is 6. The number of amides is 1. The zero-order chi connectivity index (χ0) is 26.4. The Balaban J connectivity index is 1.88. The van der Waals surface area contributed by atoms with Gasteiger partial charge in [-0.15, -0.1) is 0 Å². The van der Waals surface area contributed by atoms with E-state index >= 15 is 0 Å². The van der Waals surface area contributed by atoms with Crippen molar-refractivity contribution in [1.82, 2.24) is 4.90 Å². The van der Waals surface area contributed by atoms with Crippen molar-refractivity contribution in [2.24, 2.45) is 0 Å². The van der Waals surface area contributed by atoms with Crippen LogP contribution >= 0.6 is 0 Å². The second-order valence-electron chi connectivity index (χ2n) is 8.08. The van der Waals surface area contributed by atoms with Gasteiger partial charge in [-0.2, -0.15) is 0 Å². The lowest BCUT2D eigenvalue weighted by molar-refractivity contribution is -0.149. The molecule has 198 valence electrons. The van der Waals surface area contributed by atoms with Crippen LogP contribution in [0.2, 0.25) is 0 Å². The van der Waals surface area contributed by atoms with Crippen LogP contribution in [0.4, 0.5) is 13.6 Å². The van der Waals surface area contributed by atoms with Gasteiger partial charge in [0, 0.05) is 26.0 Å². The molecule has 0 aliphatic carbocycles. The predicted octanol–water partition coefficient (Wildman–Crippen LogP) is 4.66. The Morgan fingerprint density at radius 2 is 1.64 bits per heavy atom. The smallest absolute Gasteiger partial charge is 0.415 e. The summed E-state index contributed by atoms with van der Waals surface area (Å²) in [4.78, 5) is 25.3. The summed E-state index contributed by atoms with van der Waals surface area (Å²) >= 11 is 0. The maximum Gasteiger partial charge on any atom is 0.415 e. The highest BCUT2D eigenvalue weighted by Gasteiger charge is 2.21. The van der Waals surface area contributed by atoms with Crippen LogP contribution in [0.15, 0.2) is 54.6 Å². The number of aliphatic carboxylic acids is 1. The van der Waals surface area contributed by atoms with Gasteiger partial charge >= 0.3 is 12.1 Å². The molecular formula is C26H33F2NO7. The monoisotopic (exact) mass is 509 g/mol. The van der Waals surface area contributed by atoms with Gasteiger partial charge < -0.3 is 29.0 Å². The number of carbonyl (C=O) groups is 2. The molecular weight excluding hydrogens is 476 g/mol. The molecule has 0 aromatic heterocycles. The fourth-order valence-electron chi connectivity index (χ4n) is 3.10. The number of carboxylic acid groups (broad SMARTS) is 1. The van der Waals surface area contributed by atoms with Gasteiger partial charge in [0.25, 0.3) is 0 Å². The van der Waals surface area contributed by atoms with E-state index in [0.29, 0.717) is 18.1 Å². The third-order valence-corrected chi connectivity index (χ3v) is 5.02. The normalized spacial score (nSPS) is 12.1. The summed E-state index contributed by atoms with van der Waals surface area (Å²) in [6.45, 7) is 3.27. The molecule has 0 aliphatic rings. The minimum absolute atomic E-state index is 0.0687. The van der Waals surface area contributed by atoms with E-state index < -0.39 is 30.5 Å². The van der Waals surface area contributed by atoms with Crippen LogP contribution in [0.25, 0.3) is 0 Å².